The molecule has 2 aromatic carbocycles. The van der Waals surface area contributed by atoms with E-state index in [0.717, 1.165) is 0 Å². The van der Waals surface area contributed by atoms with Gasteiger partial charge in [0.05, 0.1) is 11.4 Å². The Kier molecular flexibility index (Phi) is 3.95. The molecular weight excluding hydrogens is 382 g/mol. The molecule has 1 saturated heterocycles. The quantitative estimate of drug-likeness (QED) is 0.863. The normalized spacial score (nSPS) is 19.1. The molecule has 0 aliphatic carbocycles. The van der Waals surface area contributed by atoms with Gasteiger partial charge in [0.25, 0.3) is 5.91 Å². The van der Waals surface area contributed by atoms with Gasteiger partial charge in [-0.2, -0.15) is 0 Å². The van der Waals surface area contributed by atoms with Crippen LogP contribution in [0.3, 0.4) is 0 Å². The lowest BCUT2D eigenvalue weighted by molar-refractivity contribution is -0.286. The number of benzene rings is 2. The van der Waals surface area contributed by atoms with Crippen LogP contribution in [-0.4, -0.2) is 32.9 Å². The Hall–Kier alpha value is -2.88. The fourth-order valence-corrected chi connectivity index (χ4v) is 4.52. The smallest absolute Gasteiger partial charge is 0.395 e. The van der Waals surface area contributed by atoms with E-state index in [-0.39, 0.29) is 28.5 Å². The van der Waals surface area contributed by atoms with Crippen LogP contribution >= 0.6 is 0 Å². The van der Waals surface area contributed by atoms with Gasteiger partial charge in [-0.1, -0.05) is 6.07 Å². The summed E-state index contributed by atoms with van der Waals surface area (Å²) in [5.74, 6) is -0.751. The monoisotopic (exact) mass is 396 g/mol. The van der Waals surface area contributed by atoms with Crippen LogP contribution in [0.2, 0.25) is 0 Å². The number of anilines is 2. The summed E-state index contributed by atoms with van der Waals surface area (Å²) < 4.78 is 60.1. The zero-order chi connectivity index (χ0) is 19.2. The maximum absolute atomic E-state index is 13.1. The molecule has 142 valence electrons. The predicted molar refractivity (Wildman–Crippen MR) is 92.8 cm³/mol. The summed E-state index contributed by atoms with van der Waals surface area (Å²) in [4.78, 5) is 12.5. The molecule has 7 nitrogen and oxygen atoms in total. The third-order valence-electron chi connectivity index (χ3n) is 4.15. The Morgan fingerprint density at radius 3 is 2.63 bits per heavy atom. The molecule has 0 aromatic heterocycles. The van der Waals surface area contributed by atoms with Gasteiger partial charge in [-0.05, 0) is 36.8 Å². The first-order valence-electron chi connectivity index (χ1n) is 8.05. The summed E-state index contributed by atoms with van der Waals surface area (Å²) in [5, 5.41) is 2.57. The molecule has 2 heterocycles. The van der Waals surface area contributed by atoms with Crippen LogP contribution in [-0.2, 0) is 10.0 Å². The summed E-state index contributed by atoms with van der Waals surface area (Å²) in [6.07, 6.45) is -3.21. The van der Waals surface area contributed by atoms with Crippen molar-refractivity contribution < 1.29 is 31.5 Å². The molecule has 1 amide bonds. The Morgan fingerprint density at radius 1 is 1.11 bits per heavy atom. The Balaban J connectivity index is 1.54. The van der Waals surface area contributed by atoms with Crippen molar-refractivity contribution in [1.82, 2.24) is 0 Å². The van der Waals surface area contributed by atoms with Crippen LogP contribution in [0.15, 0.2) is 42.5 Å². The van der Waals surface area contributed by atoms with Crippen molar-refractivity contribution in [3.05, 3.63) is 48.0 Å². The lowest BCUT2D eigenvalue weighted by Crippen LogP contribution is -2.26. The molecule has 0 radical (unpaired) electrons. The number of hydrogen-bond acceptors (Lipinski definition) is 5. The number of fused-ring (bicyclic) bond motifs is 1. The van der Waals surface area contributed by atoms with E-state index in [1.165, 1.54) is 34.6 Å². The van der Waals surface area contributed by atoms with Gasteiger partial charge in [0.15, 0.2) is 11.5 Å². The summed E-state index contributed by atoms with van der Waals surface area (Å²) >= 11 is 0. The fraction of sp³-hybridized carbons (Fsp3) is 0.235. The number of rotatable bonds is 3. The average molecular weight is 396 g/mol. The molecular formula is C17H14F2N2O5S. The van der Waals surface area contributed by atoms with Crippen LogP contribution < -0.4 is 19.1 Å². The molecule has 0 atom stereocenters. The van der Waals surface area contributed by atoms with Gasteiger partial charge in [0, 0.05) is 23.9 Å². The van der Waals surface area contributed by atoms with E-state index in [4.69, 9.17) is 0 Å². The van der Waals surface area contributed by atoms with Crippen LogP contribution in [0.1, 0.15) is 16.8 Å². The van der Waals surface area contributed by atoms with Crippen LogP contribution in [0, 0.1) is 0 Å². The summed E-state index contributed by atoms with van der Waals surface area (Å²) in [6, 6.07) is 10.1. The Bertz CT molecular complexity index is 1030. The minimum absolute atomic E-state index is 0.0747. The highest BCUT2D eigenvalue weighted by Gasteiger charge is 2.43. The second kappa shape index (κ2) is 6.08. The minimum Gasteiger partial charge on any atom is -0.395 e. The van der Waals surface area contributed by atoms with Gasteiger partial charge in [-0.25, -0.2) is 8.42 Å². The summed E-state index contributed by atoms with van der Waals surface area (Å²) in [5.41, 5.74) is 0.877. The fourth-order valence-electron chi connectivity index (χ4n) is 2.96. The molecule has 0 bridgehead atoms. The number of carbonyl (C=O) groups excluding carboxylic acids is 1. The van der Waals surface area contributed by atoms with Crippen molar-refractivity contribution in [3.8, 4) is 11.5 Å². The zero-order valence-electron chi connectivity index (χ0n) is 13.8. The van der Waals surface area contributed by atoms with Crippen molar-refractivity contribution in [1.29, 1.82) is 0 Å². The van der Waals surface area contributed by atoms with Crippen molar-refractivity contribution in [3.63, 3.8) is 0 Å². The molecule has 4 rings (SSSR count). The van der Waals surface area contributed by atoms with Crippen molar-refractivity contribution in [2.45, 2.75) is 12.7 Å². The molecule has 0 unspecified atom stereocenters. The highest BCUT2D eigenvalue weighted by Crippen LogP contribution is 2.42. The van der Waals surface area contributed by atoms with Gasteiger partial charge >= 0.3 is 6.29 Å². The molecule has 10 heteroatoms. The lowest BCUT2D eigenvalue weighted by Gasteiger charge is -2.17. The topological polar surface area (TPSA) is 84.9 Å². The van der Waals surface area contributed by atoms with E-state index in [1.807, 2.05) is 0 Å². The van der Waals surface area contributed by atoms with Gasteiger partial charge in [0.1, 0.15) is 0 Å². The number of sulfonamides is 1. The van der Waals surface area contributed by atoms with Gasteiger partial charge in [0.2, 0.25) is 10.0 Å². The largest absolute Gasteiger partial charge is 0.586 e. The van der Waals surface area contributed by atoms with E-state index < -0.39 is 22.2 Å². The van der Waals surface area contributed by atoms with Crippen LogP contribution in [0.4, 0.5) is 20.2 Å². The van der Waals surface area contributed by atoms with Crippen LogP contribution in [0.5, 0.6) is 11.5 Å². The molecule has 1 fully saturated rings. The molecule has 2 aliphatic heterocycles. The molecule has 0 spiro atoms. The molecule has 27 heavy (non-hydrogen) atoms. The lowest BCUT2D eigenvalue weighted by atomic mass is 10.1. The molecule has 0 saturated carbocycles. The summed E-state index contributed by atoms with van der Waals surface area (Å²) in [6.45, 7) is 0.365. The zero-order valence-corrected chi connectivity index (χ0v) is 14.6. The predicted octanol–water partition coefficient (Wildman–Crippen LogP) is 2.80. The first-order valence-corrected chi connectivity index (χ1v) is 9.66. The van der Waals surface area contributed by atoms with Gasteiger partial charge in [-0.3, -0.25) is 9.10 Å². The SMILES string of the molecule is O=C(Nc1ccc2c(c1)OC(F)(F)O2)c1cccc(N2CCCS2(=O)=O)c1. The number of nitrogens with one attached hydrogen (secondary N) is 1. The van der Waals surface area contributed by atoms with Gasteiger partial charge in [-0.15, -0.1) is 8.78 Å². The maximum Gasteiger partial charge on any atom is 0.586 e. The number of carbonyl (C=O) groups is 1. The van der Waals surface area contributed by atoms with E-state index in [0.29, 0.717) is 18.7 Å². The first kappa shape index (κ1) is 17.5. The van der Waals surface area contributed by atoms with Crippen molar-refractivity contribution in [2.24, 2.45) is 0 Å². The highest BCUT2D eigenvalue weighted by atomic mass is 32.2. The van der Waals surface area contributed by atoms with E-state index in [2.05, 4.69) is 14.8 Å². The Morgan fingerprint density at radius 2 is 1.89 bits per heavy atom. The molecule has 2 aliphatic rings. The number of alkyl halides is 2. The highest BCUT2D eigenvalue weighted by molar-refractivity contribution is 7.93. The van der Waals surface area contributed by atoms with E-state index in [9.17, 15) is 22.0 Å². The Labute approximate surface area is 153 Å². The number of nitrogens with zero attached hydrogens (tertiary/aromatic N) is 1. The molecule has 2 aromatic rings. The van der Waals surface area contributed by atoms with Crippen molar-refractivity contribution >= 4 is 27.3 Å². The number of halogens is 2. The third-order valence-corrected chi connectivity index (χ3v) is 6.02. The second-order valence-electron chi connectivity index (χ2n) is 6.08. The van der Waals surface area contributed by atoms with Crippen molar-refractivity contribution in [2.75, 3.05) is 21.9 Å². The number of hydrogen-bond donors (Lipinski definition) is 1. The first-order chi connectivity index (χ1) is 12.7. The minimum atomic E-state index is -3.74. The average Bonchev–Trinajstić information content (AvgIpc) is 3.11. The number of amides is 1. The van der Waals surface area contributed by atoms with Gasteiger partial charge < -0.3 is 14.8 Å². The second-order valence-corrected chi connectivity index (χ2v) is 8.09. The number of ether oxygens (including phenoxy) is 2. The summed E-state index contributed by atoms with van der Waals surface area (Å²) in [7, 11) is -3.36. The van der Waals surface area contributed by atoms with Crippen LogP contribution in [0.25, 0.3) is 0 Å². The third kappa shape index (κ3) is 3.39. The standard InChI is InChI=1S/C17H14F2N2O5S/c18-17(19)25-14-6-5-12(10-15(14)26-17)20-16(22)11-3-1-4-13(9-11)21-7-2-8-27(21,23)24/h1,3-6,9-10H,2,7-8H2,(H,20,22). The van der Waals surface area contributed by atoms with E-state index in [1.54, 1.807) is 12.1 Å². The van der Waals surface area contributed by atoms with E-state index >= 15 is 0 Å². The molecule has 1 N–H and O–H groups in total. The maximum atomic E-state index is 13.1.